The molecule has 3 rings (SSSR count). The Balaban J connectivity index is 2.09. The Labute approximate surface area is 157 Å². The predicted molar refractivity (Wildman–Crippen MR) is 96.8 cm³/mol. The highest BCUT2D eigenvalue weighted by Gasteiger charge is 2.33. The van der Waals surface area contributed by atoms with Crippen LogP contribution in [0.25, 0.3) is 5.57 Å². The molecule has 0 bridgehead atoms. The lowest BCUT2D eigenvalue weighted by Crippen LogP contribution is -2.35. The maximum absolute atomic E-state index is 12.9. The van der Waals surface area contributed by atoms with Gasteiger partial charge >= 0.3 is 5.97 Å². The zero-order valence-corrected chi connectivity index (χ0v) is 15.6. The van der Waals surface area contributed by atoms with Crippen molar-refractivity contribution in [3.05, 3.63) is 29.3 Å². The number of esters is 1. The topological polar surface area (TPSA) is 117 Å². The van der Waals surface area contributed by atoms with E-state index in [1.807, 2.05) is 0 Å². The molecule has 0 atom stereocenters. The van der Waals surface area contributed by atoms with Gasteiger partial charge in [0.2, 0.25) is 10.0 Å². The lowest BCUT2D eigenvalue weighted by molar-refractivity contribution is -0.138. The summed E-state index contributed by atoms with van der Waals surface area (Å²) in [6.07, 6.45) is 2.60. The third-order valence-corrected chi connectivity index (χ3v) is 6.42. The molecule has 0 radical (unpaired) electrons. The van der Waals surface area contributed by atoms with Crippen LogP contribution in [0.2, 0.25) is 0 Å². The Morgan fingerprint density at radius 3 is 2.63 bits per heavy atom. The number of nitrogens with zero attached hydrogens (tertiary/aromatic N) is 2. The number of piperidine rings is 1. The van der Waals surface area contributed by atoms with E-state index in [1.165, 1.54) is 22.5 Å². The lowest BCUT2D eigenvalue weighted by atomic mass is 10.0. The number of anilines is 1. The van der Waals surface area contributed by atoms with E-state index in [0.29, 0.717) is 18.8 Å². The molecule has 8 nitrogen and oxygen atoms in total. The maximum Gasteiger partial charge on any atom is 0.349 e. The van der Waals surface area contributed by atoms with Crippen LogP contribution in [-0.4, -0.2) is 44.3 Å². The first-order valence-corrected chi connectivity index (χ1v) is 10.1. The summed E-state index contributed by atoms with van der Waals surface area (Å²) in [5.41, 5.74) is -0.0467. The van der Waals surface area contributed by atoms with Crippen molar-refractivity contribution in [2.45, 2.75) is 31.1 Å². The SMILES string of the molecule is CCOC(=O)/C(C#N)=C1\C(=O)Nc2ccc(S(=O)(=O)N3CCCCC3)cc21. The smallest absolute Gasteiger partial charge is 0.349 e. The zero-order valence-electron chi connectivity index (χ0n) is 14.8. The molecule has 0 spiro atoms. The highest BCUT2D eigenvalue weighted by molar-refractivity contribution is 7.89. The molecule has 142 valence electrons. The molecule has 9 heteroatoms. The van der Waals surface area contributed by atoms with Crippen LogP contribution in [-0.2, 0) is 24.3 Å². The molecule has 2 aliphatic heterocycles. The van der Waals surface area contributed by atoms with Crippen molar-refractivity contribution < 1.29 is 22.7 Å². The number of carbonyl (C=O) groups is 2. The number of nitriles is 1. The molecule has 1 aromatic carbocycles. The minimum Gasteiger partial charge on any atom is -0.462 e. The van der Waals surface area contributed by atoms with Gasteiger partial charge in [-0.1, -0.05) is 6.42 Å². The molecule has 0 aliphatic carbocycles. The summed E-state index contributed by atoms with van der Waals surface area (Å²) in [4.78, 5) is 24.4. The van der Waals surface area contributed by atoms with Gasteiger partial charge in [-0.2, -0.15) is 9.57 Å². The van der Waals surface area contributed by atoms with Crippen LogP contribution in [0.3, 0.4) is 0 Å². The zero-order chi connectivity index (χ0) is 19.6. The molecule has 1 fully saturated rings. The van der Waals surface area contributed by atoms with Crippen molar-refractivity contribution in [2.24, 2.45) is 0 Å². The van der Waals surface area contributed by atoms with Crippen LogP contribution in [0, 0.1) is 11.3 Å². The van der Waals surface area contributed by atoms with E-state index in [4.69, 9.17) is 4.74 Å². The third-order valence-electron chi connectivity index (χ3n) is 4.53. The summed E-state index contributed by atoms with van der Waals surface area (Å²) in [5.74, 6) is -1.55. The lowest BCUT2D eigenvalue weighted by Gasteiger charge is -2.26. The quantitative estimate of drug-likeness (QED) is 0.475. The second-order valence-electron chi connectivity index (χ2n) is 6.21. The van der Waals surface area contributed by atoms with E-state index in [-0.39, 0.29) is 22.6 Å². The minimum atomic E-state index is -3.71. The van der Waals surface area contributed by atoms with Gasteiger partial charge in [-0.3, -0.25) is 4.79 Å². The fourth-order valence-electron chi connectivity index (χ4n) is 3.22. The van der Waals surface area contributed by atoms with Crippen molar-refractivity contribution in [2.75, 3.05) is 25.0 Å². The standard InChI is InChI=1S/C18H19N3O5S/c1-2-26-18(23)14(11-19)16-13-10-12(6-7-15(13)20-17(16)22)27(24,25)21-8-4-3-5-9-21/h6-7,10H,2-5,8-9H2,1H3,(H,20,22)/b16-14-. The van der Waals surface area contributed by atoms with E-state index in [2.05, 4.69) is 5.32 Å². The molecule has 0 aromatic heterocycles. The Morgan fingerprint density at radius 2 is 2.00 bits per heavy atom. The van der Waals surface area contributed by atoms with Crippen molar-refractivity contribution in [1.29, 1.82) is 5.26 Å². The number of carbonyl (C=O) groups excluding carboxylic acids is 2. The monoisotopic (exact) mass is 389 g/mol. The van der Waals surface area contributed by atoms with E-state index >= 15 is 0 Å². The number of fused-ring (bicyclic) bond motifs is 1. The molecule has 27 heavy (non-hydrogen) atoms. The van der Waals surface area contributed by atoms with Gasteiger partial charge < -0.3 is 10.1 Å². The van der Waals surface area contributed by atoms with Gasteiger partial charge in [0.25, 0.3) is 5.91 Å². The summed E-state index contributed by atoms with van der Waals surface area (Å²) >= 11 is 0. The number of nitrogens with one attached hydrogen (secondary N) is 1. The first-order chi connectivity index (χ1) is 12.9. The van der Waals surface area contributed by atoms with Gasteiger partial charge in [-0.05, 0) is 38.0 Å². The molecule has 1 saturated heterocycles. The van der Waals surface area contributed by atoms with E-state index in [9.17, 15) is 23.3 Å². The molecule has 1 amide bonds. The van der Waals surface area contributed by atoms with E-state index in [1.54, 1.807) is 13.0 Å². The van der Waals surface area contributed by atoms with Crippen molar-refractivity contribution in [3.63, 3.8) is 0 Å². The number of benzene rings is 1. The molecule has 1 N–H and O–H groups in total. The van der Waals surface area contributed by atoms with Gasteiger partial charge in [0, 0.05) is 24.3 Å². The number of sulfonamides is 1. The number of hydrogen-bond donors (Lipinski definition) is 1. The van der Waals surface area contributed by atoms with E-state index < -0.39 is 27.5 Å². The molecule has 2 heterocycles. The molecule has 2 aliphatic rings. The Kier molecular flexibility index (Phi) is 5.30. The van der Waals surface area contributed by atoms with Gasteiger partial charge in [0.15, 0.2) is 5.57 Å². The summed E-state index contributed by atoms with van der Waals surface area (Å²) in [5, 5.41) is 11.9. The van der Waals surface area contributed by atoms with Crippen LogP contribution in [0.1, 0.15) is 31.7 Å². The number of ether oxygens (including phenoxy) is 1. The number of hydrogen-bond acceptors (Lipinski definition) is 6. The van der Waals surface area contributed by atoms with Crippen molar-refractivity contribution in [3.8, 4) is 6.07 Å². The number of rotatable bonds is 4. The average molecular weight is 389 g/mol. The van der Waals surface area contributed by atoms with Crippen LogP contribution in [0.4, 0.5) is 5.69 Å². The summed E-state index contributed by atoms with van der Waals surface area (Å²) < 4.78 is 32.1. The second-order valence-corrected chi connectivity index (χ2v) is 8.15. The average Bonchev–Trinajstić information content (AvgIpc) is 2.99. The Bertz CT molecular complexity index is 969. The maximum atomic E-state index is 12.9. The van der Waals surface area contributed by atoms with Gasteiger partial charge in [0.1, 0.15) is 6.07 Å². The van der Waals surface area contributed by atoms with Gasteiger partial charge in [-0.25, -0.2) is 13.2 Å². The second kappa shape index (κ2) is 7.50. The molecule has 0 saturated carbocycles. The van der Waals surface area contributed by atoms with E-state index in [0.717, 1.165) is 19.3 Å². The van der Waals surface area contributed by atoms with Gasteiger partial charge in [-0.15, -0.1) is 0 Å². The van der Waals surface area contributed by atoms with Crippen LogP contribution < -0.4 is 5.32 Å². The van der Waals surface area contributed by atoms with Gasteiger partial charge in [0.05, 0.1) is 17.1 Å². The summed E-state index contributed by atoms with van der Waals surface area (Å²) in [6, 6.07) is 5.93. The summed E-state index contributed by atoms with van der Waals surface area (Å²) in [6.45, 7) is 2.54. The highest BCUT2D eigenvalue weighted by atomic mass is 32.2. The first kappa shape index (κ1) is 19.1. The number of amides is 1. The largest absolute Gasteiger partial charge is 0.462 e. The van der Waals surface area contributed by atoms with Crippen LogP contribution >= 0.6 is 0 Å². The fourth-order valence-corrected chi connectivity index (χ4v) is 4.76. The van der Waals surface area contributed by atoms with Crippen LogP contribution in [0.5, 0.6) is 0 Å². The molecule has 1 aromatic rings. The summed E-state index contributed by atoms with van der Waals surface area (Å²) in [7, 11) is -3.71. The van der Waals surface area contributed by atoms with Crippen LogP contribution in [0.15, 0.2) is 28.7 Å². The molecular weight excluding hydrogens is 370 g/mol. The Hall–Kier alpha value is -2.70. The normalized spacial score (nSPS) is 19.0. The highest BCUT2D eigenvalue weighted by Crippen LogP contribution is 2.36. The third kappa shape index (κ3) is 3.46. The molecular formula is C18H19N3O5S. The first-order valence-electron chi connectivity index (χ1n) is 8.67. The van der Waals surface area contributed by atoms with Crippen molar-refractivity contribution in [1.82, 2.24) is 4.31 Å². The predicted octanol–water partition coefficient (Wildman–Crippen LogP) is 1.65. The van der Waals surface area contributed by atoms with Crippen molar-refractivity contribution >= 4 is 33.2 Å². The minimum absolute atomic E-state index is 0.0262. The fraction of sp³-hybridized carbons (Fsp3) is 0.389. The Morgan fingerprint density at radius 1 is 1.30 bits per heavy atom. The molecule has 0 unspecified atom stereocenters.